The molecule has 0 saturated heterocycles. The molecule has 26 heavy (non-hydrogen) atoms. The number of rotatable bonds is 6. The van der Waals surface area contributed by atoms with Gasteiger partial charge in [-0.25, -0.2) is 9.97 Å². The summed E-state index contributed by atoms with van der Waals surface area (Å²) in [7, 11) is 0. The first kappa shape index (κ1) is 17.9. The van der Waals surface area contributed by atoms with Gasteiger partial charge in [0, 0.05) is 29.6 Å². The number of halogens is 1. The SMILES string of the molecule is CCc1ccccc1NC(=O)c1cnc(NCc2ccccc2Cl)nc1. The predicted molar refractivity (Wildman–Crippen MR) is 105 cm³/mol. The molecule has 132 valence electrons. The Labute approximate surface area is 157 Å². The second-order valence-electron chi connectivity index (χ2n) is 5.71. The lowest BCUT2D eigenvalue weighted by molar-refractivity contribution is 0.102. The summed E-state index contributed by atoms with van der Waals surface area (Å²) in [6.07, 6.45) is 3.86. The fourth-order valence-corrected chi connectivity index (χ4v) is 2.70. The fourth-order valence-electron chi connectivity index (χ4n) is 2.50. The van der Waals surface area contributed by atoms with E-state index in [1.54, 1.807) is 0 Å². The molecule has 6 heteroatoms. The first-order chi connectivity index (χ1) is 12.7. The highest BCUT2D eigenvalue weighted by Gasteiger charge is 2.10. The second-order valence-corrected chi connectivity index (χ2v) is 6.11. The van der Waals surface area contributed by atoms with E-state index in [1.165, 1.54) is 12.4 Å². The third-order valence-electron chi connectivity index (χ3n) is 3.96. The smallest absolute Gasteiger partial charge is 0.258 e. The Morgan fingerprint density at radius 1 is 1.00 bits per heavy atom. The Bertz CT molecular complexity index is 896. The molecule has 0 saturated carbocycles. The molecule has 1 amide bonds. The molecule has 0 fully saturated rings. The Hall–Kier alpha value is -2.92. The van der Waals surface area contributed by atoms with Crippen molar-refractivity contribution in [2.75, 3.05) is 10.6 Å². The van der Waals surface area contributed by atoms with Gasteiger partial charge in [-0.15, -0.1) is 0 Å². The summed E-state index contributed by atoms with van der Waals surface area (Å²) in [5, 5.41) is 6.69. The minimum absolute atomic E-state index is 0.233. The summed E-state index contributed by atoms with van der Waals surface area (Å²) in [6, 6.07) is 15.3. The number of benzene rings is 2. The molecular weight excluding hydrogens is 348 g/mol. The summed E-state index contributed by atoms with van der Waals surface area (Å²) >= 11 is 6.13. The second kappa shape index (κ2) is 8.45. The minimum Gasteiger partial charge on any atom is -0.350 e. The molecule has 3 aromatic rings. The van der Waals surface area contributed by atoms with Gasteiger partial charge in [0.15, 0.2) is 0 Å². The van der Waals surface area contributed by atoms with Crippen molar-refractivity contribution < 1.29 is 4.79 Å². The minimum atomic E-state index is -0.233. The monoisotopic (exact) mass is 366 g/mol. The Kier molecular flexibility index (Phi) is 5.81. The zero-order chi connectivity index (χ0) is 18.4. The molecule has 5 nitrogen and oxygen atoms in total. The van der Waals surface area contributed by atoms with Crippen molar-refractivity contribution in [2.24, 2.45) is 0 Å². The average Bonchev–Trinajstić information content (AvgIpc) is 2.68. The number of carbonyl (C=O) groups is 1. The van der Waals surface area contributed by atoms with Gasteiger partial charge in [-0.05, 0) is 29.7 Å². The number of carbonyl (C=O) groups excluding carboxylic acids is 1. The quantitative estimate of drug-likeness (QED) is 0.671. The van der Waals surface area contributed by atoms with Crippen LogP contribution in [0.1, 0.15) is 28.4 Å². The van der Waals surface area contributed by atoms with Crippen molar-refractivity contribution in [3.05, 3.63) is 82.6 Å². The van der Waals surface area contributed by atoms with Crippen molar-refractivity contribution in [1.29, 1.82) is 0 Å². The Balaban J connectivity index is 1.63. The maximum Gasteiger partial charge on any atom is 0.258 e. The summed E-state index contributed by atoms with van der Waals surface area (Å²) in [5.74, 6) is 0.207. The van der Waals surface area contributed by atoms with E-state index in [9.17, 15) is 4.79 Å². The highest BCUT2D eigenvalue weighted by Crippen LogP contribution is 2.17. The van der Waals surface area contributed by atoms with E-state index in [1.807, 2.05) is 55.5 Å². The van der Waals surface area contributed by atoms with Crippen molar-refractivity contribution in [1.82, 2.24) is 9.97 Å². The van der Waals surface area contributed by atoms with Crippen LogP contribution >= 0.6 is 11.6 Å². The lowest BCUT2D eigenvalue weighted by atomic mass is 10.1. The molecule has 0 atom stereocenters. The van der Waals surface area contributed by atoms with Crippen LogP contribution in [0.25, 0.3) is 0 Å². The van der Waals surface area contributed by atoms with Crippen LogP contribution in [-0.4, -0.2) is 15.9 Å². The van der Waals surface area contributed by atoms with E-state index in [0.717, 1.165) is 23.2 Å². The highest BCUT2D eigenvalue weighted by atomic mass is 35.5. The molecule has 0 unspecified atom stereocenters. The van der Waals surface area contributed by atoms with Gasteiger partial charge >= 0.3 is 0 Å². The van der Waals surface area contributed by atoms with E-state index in [-0.39, 0.29) is 5.91 Å². The molecule has 2 N–H and O–H groups in total. The lowest BCUT2D eigenvalue weighted by Gasteiger charge is -2.10. The fraction of sp³-hybridized carbons (Fsp3) is 0.150. The molecule has 3 rings (SSSR count). The zero-order valence-corrected chi connectivity index (χ0v) is 15.1. The number of aryl methyl sites for hydroxylation is 1. The molecule has 0 bridgehead atoms. The molecule has 0 spiro atoms. The van der Waals surface area contributed by atoms with Gasteiger partial charge < -0.3 is 10.6 Å². The van der Waals surface area contributed by atoms with Crippen LogP contribution in [0.5, 0.6) is 0 Å². The number of amides is 1. The van der Waals surface area contributed by atoms with Gasteiger partial charge in [-0.1, -0.05) is 54.9 Å². The first-order valence-corrected chi connectivity index (χ1v) is 8.73. The third-order valence-corrected chi connectivity index (χ3v) is 4.32. The van der Waals surface area contributed by atoms with Gasteiger partial charge in [0.05, 0.1) is 5.56 Å². The number of hydrogen-bond donors (Lipinski definition) is 2. The zero-order valence-electron chi connectivity index (χ0n) is 14.4. The predicted octanol–water partition coefficient (Wildman–Crippen LogP) is 4.56. The summed E-state index contributed by atoms with van der Waals surface area (Å²) in [5.41, 5.74) is 3.25. The van der Waals surface area contributed by atoms with Gasteiger partial charge in [0.25, 0.3) is 5.91 Å². The van der Waals surface area contributed by atoms with Crippen LogP contribution in [-0.2, 0) is 13.0 Å². The number of aromatic nitrogens is 2. The van der Waals surface area contributed by atoms with Gasteiger partial charge in [-0.3, -0.25) is 4.79 Å². The van der Waals surface area contributed by atoms with E-state index in [2.05, 4.69) is 20.6 Å². The van der Waals surface area contributed by atoms with Crippen LogP contribution < -0.4 is 10.6 Å². The Morgan fingerprint density at radius 2 is 1.65 bits per heavy atom. The molecule has 2 aromatic carbocycles. The molecule has 1 aromatic heterocycles. The standard InChI is InChI=1S/C20H19ClN4O/c1-2-14-7-4-6-10-18(14)25-19(26)16-12-23-20(24-13-16)22-11-15-8-3-5-9-17(15)21/h3-10,12-13H,2,11H2,1H3,(H,25,26)(H,22,23,24). The van der Waals surface area contributed by atoms with Crippen molar-refractivity contribution in [3.8, 4) is 0 Å². The van der Waals surface area contributed by atoms with Crippen LogP contribution in [0.15, 0.2) is 60.9 Å². The summed E-state index contributed by atoms with van der Waals surface area (Å²) in [6.45, 7) is 2.56. The molecule has 0 aliphatic carbocycles. The summed E-state index contributed by atoms with van der Waals surface area (Å²) in [4.78, 5) is 20.8. The largest absolute Gasteiger partial charge is 0.350 e. The lowest BCUT2D eigenvalue weighted by Crippen LogP contribution is -2.14. The van der Waals surface area contributed by atoms with Crippen molar-refractivity contribution >= 4 is 29.1 Å². The van der Waals surface area contributed by atoms with E-state index < -0.39 is 0 Å². The first-order valence-electron chi connectivity index (χ1n) is 8.36. The van der Waals surface area contributed by atoms with Crippen LogP contribution in [0.2, 0.25) is 5.02 Å². The van der Waals surface area contributed by atoms with Crippen LogP contribution in [0.3, 0.4) is 0 Å². The number of anilines is 2. The molecule has 0 radical (unpaired) electrons. The topological polar surface area (TPSA) is 66.9 Å². The van der Waals surface area contributed by atoms with Gasteiger partial charge in [0.2, 0.25) is 5.95 Å². The van der Waals surface area contributed by atoms with Gasteiger partial charge in [0.1, 0.15) is 0 Å². The maximum absolute atomic E-state index is 12.4. The van der Waals surface area contributed by atoms with E-state index in [0.29, 0.717) is 23.1 Å². The van der Waals surface area contributed by atoms with Crippen molar-refractivity contribution in [2.45, 2.75) is 19.9 Å². The molecule has 0 aliphatic heterocycles. The molecular formula is C20H19ClN4O. The van der Waals surface area contributed by atoms with Crippen LogP contribution in [0.4, 0.5) is 11.6 Å². The average molecular weight is 367 g/mol. The third kappa shape index (κ3) is 4.37. The maximum atomic E-state index is 12.4. The normalized spacial score (nSPS) is 10.4. The molecule has 0 aliphatic rings. The van der Waals surface area contributed by atoms with E-state index >= 15 is 0 Å². The summed E-state index contributed by atoms with van der Waals surface area (Å²) < 4.78 is 0. The highest BCUT2D eigenvalue weighted by molar-refractivity contribution is 6.31. The molecule has 1 heterocycles. The van der Waals surface area contributed by atoms with Gasteiger partial charge in [-0.2, -0.15) is 0 Å². The van der Waals surface area contributed by atoms with Crippen LogP contribution in [0, 0.1) is 0 Å². The number of hydrogen-bond acceptors (Lipinski definition) is 4. The van der Waals surface area contributed by atoms with Crippen molar-refractivity contribution in [3.63, 3.8) is 0 Å². The number of nitrogens with zero attached hydrogens (tertiary/aromatic N) is 2. The number of para-hydroxylation sites is 1. The van der Waals surface area contributed by atoms with E-state index in [4.69, 9.17) is 11.6 Å². The Morgan fingerprint density at radius 3 is 2.35 bits per heavy atom. The number of nitrogens with one attached hydrogen (secondary N) is 2.